The molecule has 17 heavy (non-hydrogen) atoms. The molecule has 3 aliphatic heterocycles. The second-order valence-corrected chi connectivity index (χ2v) is 8.44. The van der Waals surface area contributed by atoms with E-state index in [0.717, 1.165) is 26.2 Å². The molecule has 5 heteroatoms. The molecule has 3 rings (SSSR count). The van der Waals surface area contributed by atoms with Crippen LogP contribution in [-0.2, 0) is 4.57 Å². The van der Waals surface area contributed by atoms with Gasteiger partial charge in [0, 0.05) is 38.3 Å². The molecule has 3 aliphatic rings. The summed E-state index contributed by atoms with van der Waals surface area (Å²) in [6.07, 6.45) is 5.05. The van der Waals surface area contributed by atoms with Crippen molar-refractivity contribution in [2.75, 3.05) is 26.2 Å². The van der Waals surface area contributed by atoms with Crippen LogP contribution in [-0.4, -0.2) is 52.3 Å². The molecule has 4 nitrogen and oxygen atoms in total. The second kappa shape index (κ2) is 4.34. The van der Waals surface area contributed by atoms with E-state index in [0.29, 0.717) is 12.1 Å². The SMILES string of the molecule is C[C@@H]1CN1P(=O)(N1CCCCCC1)N1C[C@@H]1C. The molecule has 0 spiro atoms. The smallest absolute Gasteiger partial charge is 0.270 e. The van der Waals surface area contributed by atoms with Crippen molar-refractivity contribution in [1.29, 1.82) is 0 Å². The van der Waals surface area contributed by atoms with Gasteiger partial charge < -0.3 is 0 Å². The Hall–Kier alpha value is 0.110. The number of nitrogens with zero attached hydrogens (tertiary/aromatic N) is 3. The van der Waals surface area contributed by atoms with Crippen LogP contribution in [0.1, 0.15) is 39.5 Å². The van der Waals surface area contributed by atoms with E-state index in [2.05, 4.69) is 27.9 Å². The van der Waals surface area contributed by atoms with Crippen LogP contribution in [0, 0.1) is 0 Å². The van der Waals surface area contributed by atoms with E-state index < -0.39 is 7.59 Å². The molecule has 0 N–H and O–H groups in total. The zero-order valence-electron chi connectivity index (χ0n) is 11.0. The molecule has 0 bridgehead atoms. The minimum Gasteiger partial charge on any atom is -0.270 e. The molecule has 3 fully saturated rings. The van der Waals surface area contributed by atoms with Gasteiger partial charge in [0.1, 0.15) is 0 Å². The summed E-state index contributed by atoms with van der Waals surface area (Å²) in [5.41, 5.74) is 0. The highest BCUT2D eigenvalue weighted by molar-refractivity contribution is 7.57. The Morgan fingerprint density at radius 3 is 1.65 bits per heavy atom. The summed E-state index contributed by atoms with van der Waals surface area (Å²) < 4.78 is 20.2. The van der Waals surface area contributed by atoms with Gasteiger partial charge in [0.25, 0.3) is 7.59 Å². The topological polar surface area (TPSA) is 26.3 Å². The van der Waals surface area contributed by atoms with Crippen LogP contribution in [0.25, 0.3) is 0 Å². The second-order valence-electron chi connectivity index (χ2n) is 5.82. The van der Waals surface area contributed by atoms with Crippen LogP contribution in [0.5, 0.6) is 0 Å². The normalized spacial score (nSPS) is 46.0. The lowest BCUT2D eigenvalue weighted by Gasteiger charge is -2.32. The minimum absolute atomic E-state index is 0.525. The molecule has 3 heterocycles. The lowest BCUT2D eigenvalue weighted by Crippen LogP contribution is -2.29. The van der Waals surface area contributed by atoms with E-state index in [4.69, 9.17) is 0 Å². The van der Waals surface area contributed by atoms with Crippen molar-refractivity contribution in [2.45, 2.75) is 51.6 Å². The summed E-state index contributed by atoms with van der Waals surface area (Å²) in [7, 11) is -2.36. The minimum atomic E-state index is -2.36. The third-order valence-corrected chi connectivity index (χ3v) is 7.86. The van der Waals surface area contributed by atoms with Gasteiger partial charge in [-0.1, -0.05) is 12.8 Å². The maximum absolute atomic E-state index is 13.4. The predicted molar refractivity (Wildman–Crippen MR) is 70.0 cm³/mol. The molecule has 3 unspecified atom stereocenters. The molecular formula is C12H24N3OP. The van der Waals surface area contributed by atoms with Crippen LogP contribution in [0.4, 0.5) is 0 Å². The molecule has 0 amide bonds. The Balaban J connectivity index is 1.80. The van der Waals surface area contributed by atoms with Crippen LogP contribution in [0.3, 0.4) is 0 Å². The number of hydrogen-bond acceptors (Lipinski definition) is 1. The number of rotatable bonds is 3. The van der Waals surface area contributed by atoms with Gasteiger partial charge in [0.05, 0.1) is 0 Å². The van der Waals surface area contributed by atoms with E-state index >= 15 is 0 Å². The van der Waals surface area contributed by atoms with E-state index in [1.54, 1.807) is 0 Å². The summed E-state index contributed by atoms with van der Waals surface area (Å²) in [6.45, 7) is 8.50. The summed E-state index contributed by atoms with van der Waals surface area (Å²) in [6, 6.07) is 1.05. The average Bonchev–Trinajstić information content (AvgIpc) is 3.14. The van der Waals surface area contributed by atoms with Crippen molar-refractivity contribution in [3.8, 4) is 0 Å². The maximum atomic E-state index is 13.4. The fourth-order valence-corrected chi connectivity index (χ4v) is 6.63. The molecule has 0 aromatic rings. The first-order valence-corrected chi connectivity index (χ1v) is 8.60. The van der Waals surface area contributed by atoms with Gasteiger partial charge in [-0.2, -0.15) is 0 Å². The van der Waals surface area contributed by atoms with Gasteiger partial charge in [-0.3, -0.25) is 4.57 Å². The quantitative estimate of drug-likeness (QED) is 0.573. The summed E-state index contributed by atoms with van der Waals surface area (Å²) >= 11 is 0. The highest BCUT2D eigenvalue weighted by Crippen LogP contribution is 2.66. The molecule has 5 atom stereocenters. The highest BCUT2D eigenvalue weighted by atomic mass is 31.2. The first-order chi connectivity index (χ1) is 8.14. The largest absolute Gasteiger partial charge is 0.287 e. The van der Waals surface area contributed by atoms with Crippen molar-refractivity contribution >= 4 is 7.59 Å². The average molecular weight is 257 g/mol. The van der Waals surface area contributed by atoms with Gasteiger partial charge in [-0.05, 0) is 26.7 Å². The fraction of sp³-hybridized carbons (Fsp3) is 1.00. The van der Waals surface area contributed by atoms with Crippen LogP contribution in [0.2, 0.25) is 0 Å². The summed E-state index contributed by atoms with van der Waals surface area (Å²) in [5.74, 6) is 0. The Morgan fingerprint density at radius 1 is 0.882 bits per heavy atom. The third-order valence-electron chi connectivity index (χ3n) is 4.27. The Kier molecular flexibility index (Phi) is 3.10. The van der Waals surface area contributed by atoms with E-state index in [-0.39, 0.29) is 0 Å². The van der Waals surface area contributed by atoms with Crippen molar-refractivity contribution in [1.82, 2.24) is 14.0 Å². The van der Waals surface area contributed by atoms with Crippen LogP contribution >= 0.6 is 7.59 Å². The van der Waals surface area contributed by atoms with Gasteiger partial charge >= 0.3 is 0 Å². The predicted octanol–water partition coefficient (Wildman–Crippen LogP) is 2.38. The van der Waals surface area contributed by atoms with E-state index in [1.807, 2.05) is 0 Å². The zero-order valence-corrected chi connectivity index (χ0v) is 11.9. The van der Waals surface area contributed by atoms with Crippen LogP contribution < -0.4 is 0 Å². The molecule has 3 saturated heterocycles. The van der Waals surface area contributed by atoms with Gasteiger partial charge in [0.2, 0.25) is 0 Å². The first-order valence-electron chi connectivity index (χ1n) is 7.04. The monoisotopic (exact) mass is 257 g/mol. The van der Waals surface area contributed by atoms with Crippen molar-refractivity contribution in [2.24, 2.45) is 0 Å². The first kappa shape index (κ1) is 12.2. The fourth-order valence-electron chi connectivity index (χ4n) is 2.96. The van der Waals surface area contributed by atoms with Crippen molar-refractivity contribution < 1.29 is 4.57 Å². The molecule has 0 aliphatic carbocycles. The van der Waals surface area contributed by atoms with Gasteiger partial charge in [-0.15, -0.1) is 0 Å². The van der Waals surface area contributed by atoms with Gasteiger partial charge in [0.15, 0.2) is 0 Å². The Morgan fingerprint density at radius 2 is 1.29 bits per heavy atom. The highest BCUT2D eigenvalue weighted by Gasteiger charge is 2.57. The van der Waals surface area contributed by atoms with Gasteiger partial charge in [-0.25, -0.2) is 14.0 Å². The molecule has 0 aromatic carbocycles. The van der Waals surface area contributed by atoms with E-state index in [1.165, 1.54) is 25.7 Å². The lowest BCUT2D eigenvalue weighted by molar-refractivity contribution is 0.366. The zero-order chi connectivity index (χ0) is 12.0. The summed E-state index contributed by atoms with van der Waals surface area (Å²) in [4.78, 5) is 0. The molecule has 98 valence electrons. The van der Waals surface area contributed by atoms with Crippen molar-refractivity contribution in [3.05, 3.63) is 0 Å². The van der Waals surface area contributed by atoms with Crippen molar-refractivity contribution in [3.63, 3.8) is 0 Å². The molecular weight excluding hydrogens is 233 g/mol. The molecule has 0 aromatic heterocycles. The maximum Gasteiger partial charge on any atom is 0.287 e. The molecule has 0 radical (unpaired) electrons. The molecule has 0 saturated carbocycles. The lowest BCUT2D eigenvalue weighted by atomic mass is 10.2. The van der Waals surface area contributed by atoms with E-state index in [9.17, 15) is 4.57 Å². The van der Waals surface area contributed by atoms with Crippen LogP contribution in [0.15, 0.2) is 0 Å². The Labute approximate surface area is 104 Å². The Bertz CT molecular complexity index is 321. The number of hydrogen-bond donors (Lipinski definition) is 0. The standard InChI is InChI=1S/C12H24N3OP/c1-11-9-14(11)17(16,15-10-12(15)2)13-7-5-3-4-6-8-13/h11-12H,3-10H2,1-2H3/t11-,12+,14?,15?,17?. The summed E-state index contributed by atoms with van der Waals surface area (Å²) in [5, 5.41) is 0. The third kappa shape index (κ3) is 2.10.